The summed E-state index contributed by atoms with van der Waals surface area (Å²) in [5.41, 5.74) is 1.31. The van der Waals surface area contributed by atoms with Gasteiger partial charge in [0.25, 0.3) is 10.0 Å². The van der Waals surface area contributed by atoms with Gasteiger partial charge in [0.15, 0.2) is 0 Å². The van der Waals surface area contributed by atoms with Crippen LogP contribution in [0.5, 0.6) is 0 Å². The smallest absolute Gasteiger partial charge is 0.266 e. The molecule has 1 aromatic carbocycles. The maximum Gasteiger partial charge on any atom is 0.266 e. The standard InChI is InChI=1S/C16H18N2O4S/c1-11-9-13-3-2-4-14(15(13)17-10-11)23(20,21)18-16(19)12-5-7-22-8-6-12/h2-4,9-10,12H,5-8H2,1H3,(H,18,19). The number of ether oxygens (including phenoxy) is 1. The van der Waals surface area contributed by atoms with Crippen LogP contribution in [0.1, 0.15) is 18.4 Å². The lowest BCUT2D eigenvalue weighted by atomic mass is 10.0. The molecule has 0 saturated carbocycles. The molecule has 1 saturated heterocycles. The molecule has 3 rings (SSSR count). The highest BCUT2D eigenvalue weighted by atomic mass is 32.2. The summed E-state index contributed by atoms with van der Waals surface area (Å²) >= 11 is 0. The molecule has 1 aromatic heterocycles. The Kier molecular flexibility index (Phi) is 4.32. The third-order valence-corrected chi connectivity index (χ3v) is 5.31. The molecule has 23 heavy (non-hydrogen) atoms. The maximum absolute atomic E-state index is 12.6. The number of para-hydroxylation sites is 1. The fraction of sp³-hybridized carbons (Fsp3) is 0.375. The number of rotatable bonds is 3. The largest absolute Gasteiger partial charge is 0.381 e. The minimum absolute atomic E-state index is 0.0235. The molecular formula is C16H18N2O4S. The maximum atomic E-state index is 12.6. The lowest BCUT2D eigenvalue weighted by Gasteiger charge is -2.21. The Bertz CT molecular complexity index is 842. The van der Waals surface area contributed by atoms with Crippen LogP contribution < -0.4 is 4.72 Å². The number of aromatic nitrogens is 1. The van der Waals surface area contributed by atoms with E-state index in [2.05, 4.69) is 9.71 Å². The Morgan fingerprint density at radius 3 is 2.78 bits per heavy atom. The first kappa shape index (κ1) is 15.9. The predicted octanol–water partition coefficient (Wildman–Crippen LogP) is 1.77. The van der Waals surface area contributed by atoms with Crippen molar-refractivity contribution in [2.45, 2.75) is 24.7 Å². The van der Waals surface area contributed by atoms with Gasteiger partial charge in [-0.3, -0.25) is 9.78 Å². The third kappa shape index (κ3) is 3.35. The first-order chi connectivity index (χ1) is 11.0. The fourth-order valence-corrected chi connectivity index (χ4v) is 3.91. The molecule has 2 aromatic rings. The van der Waals surface area contributed by atoms with Gasteiger partial charge in [-0.05, 0) is 37.5 Å². The van der Waals surface area contributed by atoms with Gasteiger partial charge in [-0.25, -0.2) is 13.1 Å². The van der Waals surface area contributed by atoms with E-state index >= 15 is 0 Å². The summed E-state index contributed by atoms with van der Waals surface area (Å²) in [6.45, 7) is 2.85. The fourth-order valence-electron chi connectivity index (χ4n) is 2.69. The van der Waals surface area contributed by atoms with Crippen molar-refractivity contribution in [3.63, 3.8) is 0 Å². The molecule has 0 bridgehead atoms. The Morgan fingerprint density at radius 2 is 2.04 bits per heavy atom. The van der Waals surface area contributed by atoms with Crippen molar-refractivity contribution in [1.82, 2.24) is 9.71 Å². The lowest BCUT2D eigenvalue weighted by Crippen LogP contribution is -2.38. The zero-order valence-corrected chi connectivity index (χ0v) is 13.6. The van der Waals surface area contributed by atoms with Crippen molar-refractivity contribution in [3.05, 3.63) is 36.0 Å². The van der Waals surface area contributed by atoms with Crippen molar-refractivity contribution in [3.8, 4) is 0 Å². The second kappa shape index (κ2) is 6.25. The van der Waals surface area contributed by atoms with Crippen LogP contribution in [0, 0.1) is 12.8 Å². The molecular weight excluding hydrogens is 316 g/mol. The molecule has 1 aliphatic rings. The van der Waals surface area contributed by atoms with E-state index in [1.807, 2.05) is 13.0 Å². The van der Waals surface area contributed by atoms with E-state index < -0.39 is 15.9 Å². The first-order valence-electron chi connectivity index (χ1n) is 7.47. The number of pyridine rings is 1. The van der Waals surface area contributed by atoms with Crippen molar-refractivity contribution >= 4 is 26.8 Å². The van der Waals surface area contributed by atoms with Gasteiger partial charge in [0.05, 0.1) is 5.52 Å². The Balaban J connectivity index is 1.92. The van der Waals surface area contributed by atoms with Gasteiger partial charge in [-0.15, -0.1) is 0 Å². The summed E-state index contributed by atoms with van der Waals surface area (Å²) in [6, 6.07) is 6.78. The highest BCUT2D eigenvalue weighted by Crippen LogP contribution is 2.22. The van der Waals surface area contributed by atoms with Gasteiger partial charge in [-0.2, -0.15) is 0 Å². The average molecular weight is 334 g/mol. The number of benzene rings is 1. The molecule has 1 amide bonds. The molecule has 0 atom stereocenters. The van der Waals surface area contributed by atoms with Gasteiger partial charge in [-0.1, -0.05) is 12.1 Å². The molecule has 6 nitrogen and oxygen atoms in total. The number of hydrogen-bond acceptors (Lipinski definition) is 5. The van der Waals surface area contributed by atoms with Crippen molar-refractivity contribution in [2.75, 3.05) is 13.2 Å². The molecule has 0 unspecified atom stereocenters. The molecule has 0 spiro atoms. The summed E-state index contributed by atoms with van der Waals surface area (Å²) in [5.74, 6) is -0.805. The zero-order chi connectivity index (χ0) is 16.4. The molecule has 1 N–H and O–H groups in total. The van der Waals surface area contributed by atoms with Crippen LogP contribution in [-0.2, 0) is 19.6 Å². The molecule has 2 heterocycles. The highest BCUT2D eigenvalue weighted by Gasteiger charge is 2.27. The van der Waals surface area contributed by atoms with E-state index in [4.69, 9.17) is 4.74 Å². The van der Waals surface area contributed by atoms with E-state index in [1.165, 1.54) is 6.07 Å². The number of hydrogen-bond donors (Lipinski definition) is 1. The number of carbonyl (C=O) groups excluding carboxylic acids is 1. The van der Waals surface area contributed by atoms with E-state index in [1.54, 1.807) is 18.3 Å². The quantitative estimate of drug-likeness (QED) is 0.925. The van der Waals surface area contributed by atoms with Gasteiger partial charge in [0.1, 0.15) is 4.90 Å². The third-order valence-electron chi connectivity index (χ3n) is 3.93. The van der Waals surface area contributed by atoms with Gasteiger partial charge >= 0.3 is 0 Å². The number of amides is 1. The molecule has 1 aliphatic heterocycles. The molecule has 7 heteroatoms. The number of sulfonamides is 1. The first-order valence-corrected chi connectivity index (χ1v) is 8.95. The van der Waals surface area contributed by atoms with Crippen LogP contribution in [-0.4, -0.2) is 32.5 Å². The normalized spacial score (nSPS) is 16.4. The summed E-state index contributed by atoms with van der Waals surface area (Å²) in [4.78, 5) is 16.5. The number of aryl methyl sites for hydroxylation is 1. The molecule has 1 fully saturated rings. The number of carbonyl (C=O) groups is 1. The summed E-state index contributed by atoms with van der Waals surface area (Å²) in [5, 5.41) is 0.728. The van der Waals surface area contributed by atoms with Gasteiger partial charge in [0.2, 0.25) is 5.91 Å². The van der Waals surface area contributed by atoms with Crippen molar-refractivity contribution < 1.29 is 17.9 Å². The number of fused-ring (bicyclic) bond motifs is 1. The van der Waals surface area contributed by atoms with E-state index in [9.17, 15) is 13.2 Å². The van der Waals surface area contributed by atoms with Gasteiger partial charge in [0, 0.05) is 30.7 Å². The monoisotopic (exact) mass is 334 g/mol. The second-order valence-electron chi connectivity index (χ2n) is 5.70. The Labute approximate surface area is 134 Å². The molecule has 0 aliphatic carbocycles. The second-order valence-corrected chi connectivity index (χ2v) is 7.35. The van der Waals surface area contributed by atoms with Crippen molar-refractivity contribution in [1.29, 1.82) is 0 Å². The molecule has 122 valence electrons. The minimum Gasteiger partial charge on any atom is -0.381 e. The van der Waals surface area contributed by atoms with Crippen LogP contribution in [0.2, 0.25) is 0 Å². The lowest BCUT2D eigenvalue weighted by molar-refractivity contribution is -0.125. The van der Waals surface area contributed by atoms with Crippen LogP contribution in [0.15, 0.2) is 35.4 Å². The Hall–Kier alpha value is -1.99. The summed E-state index contributed by atoms with van der Waals surface area (Å²) in [6.07, 6.45) is 2.68. The summed E-state index contributed by atoms with van der Waals surface area (Å²) in [7, 11) is -3.95. The van der Waals surface area contributed by atoms with Crippen LogP contribution in [0.4, 0.5) is 0 Å². The summed E-state index contributed by atoms with van der Waals surface area (Å²) < 4.78 is 32.5. The Morgan fingerprint density at radius 1 is 1.30 bits per heavy atom. The molecule has 0 radical (unpaired) electrons. The van der Waals surface area contributed by atoms with E-state index in [0.29, 0.717) is 31.6 Å². The van der Waals surface area contributed by atoms with E-state index in [-0.39, 0.29) is 10.8 Å². The SMILES string of the molecule is Cc1cnc2c(S(=O)(=O)NC(=O)C3CCOCC3)cccc2c1. The van der Waals surface area contributed by atoms with Crippen LogP contribution in [0.25, 0.3) is 10.9 Å². The number of nitrogens with zero attached hydrogens (tertiary/aromatic N) is 1. The van der Waals surface area contributed by atoms with E-state index in [0.717, 1.165) is 10.9 Å². The van der Waals surface area contributed by atoms with Gasteiger partial charge < -0.3 is 4.74 Å². The zero-order valence-electron chi connectivity index (χ0n) is 12.8. The van der Waals surface area contributed by atoms with Crippen LogP contribution in [0.3, 0.4) is 0 Å². The predicted molar refractivity (Wildman–Crippen MR) is 85.4 cm³/mol. The van der Waals surface area contributed by atoms with Crippen molar-refractivity contribution in [2.24, 2.45) is 5.92 Å². The topological polar surface area (TPSA) is 85.4 Å². The highest BCUT2D eigenvalue weighted by molar-refractivity contribution is 7.90. The minimum atomic E-state index is -3.95. The average Bonchev–Trinajstić information content (AvgIpc) is 2.54. The number of nitrogens with one attached hydrogen (secondary N) is 1. The van der Waals surface area contributed by atoms with Crippen LogP contribution >= 0.6 is 0 Å².